The average molecular weight is 450 g/mol. The van der Waals surface area contributed by atoms with Gasteiger partial charge in [0.15, 0.2) is 0 Å². The third-order valence-corrected chi connectivity index (χ3v) is 9.07. The van der Waals surface area contributed by atoms with Crippen molar-refractivity contribution in [3.05, 3.63) is 93.6 Å². The Bertz CT molecular complexity index is 1280. The van der Waals surface area contributed by atoms with Gasteiger partial charge in [0.25, 0.3) is 0 Å². The fraction of sp³-hybridized carbons (Fsp3) is 0.375. The summed E-state index contributed by atoms with van der Waals surface area (Å²) in [6.45, 7) is 19.1. The summed E-state index contributed by atoms with van der Waals surface area (Å²) >= 11 is 0. The van der Waals surface area contributed by atoms with Gasteiger partial charge in [-0.2, -0.15) is 0 Å². The minimum atomic E-state index is -0.665. The van der Waals surface area contributed by atoms with E-state index < -0.39 is 8.80 Å². The van der Waals surface area contributed by atoms with Gasteiger partial charge in [-0.1, -0.05) is 121 Å². The minimum absolute atomic E-state index is 0.118. The molecule has 0 saturated carbocycles. The molecule has 0 nitrogen and oxygen atoms in total. The molecule has 169 valence electrons. The zero-order valence-corrected chi connectivity index (χ0v) is 22.6. The van der Waals surface area contributed by atoms with Crippen LogP contribution in [0.4, 0.5) is 0 Å². The molecule has 3 aromatic rings. The van der Waals surface area contributed by atoms with Crippen LogP contribution in [0.2, 0.25) is 13.1 Å². The Morgan fingerprint density at radius 3 is 2.21 bits per heavy atom. The zero-order chi connectivity index (χ0) is 23.7. The molecule has 5 rings (SSSR count). The van der Waals surface area contributed by atoms with Gasteiger partial charge in [-0.25, -0.2) is 0 Å². The van der Waals surface area contributed by atoms with Crippen molar-refractivity contribution in [3.63, 3.8) is 0 Å². The average Bonchev–Trinajstić information content (AvgIpc) is 3.32. The lowest BCUT2D eigenvalue weighted by Crippen LogP contribution is -2.37. The highest BCUT2D eigenvalue weighted by Crippen LogP contribution is 2.46. The lowest BCUT2D eigenvalue weighted by molar-refractivity contribution is 0.590. The lowest BCUT2D eigenvalue weighted by atomic mass is 9.79. The summed E-state index contributed by atoms with van der Waals surface area (Å²) in [6, 6.07) is 18.8. The van der Waals surface area contributed by atoms with Gasteiger partial charge < -0.3 is 0 Å². The number of hydrogen-bond donors (Lipinski definition) is 0. The quantitative estimate of drug-likeness (QED) is 0.272. The molecule has 1 atom stereocenters. The molecule has 1 heteroatoms. The van der Waals surface area contributed by atoms with Crippen molar-refractivity contribution in [2.45, 2.75) is 77.8 Å². The first-order valence-electron chi connectivity index (χ1n) is 12.4. The molecule has 0 spiro atoms. The maximum atomic E-state index is 2.58. The van der Waals surface area contributed by atoms with E-state index in [1.807, 2.05) is 0 Å². The van der Waals surface area contributed by atoms with Crippen LogP contribution in [-0.2, 0) is 17.3 Å². The van der Waals surface area contributed by atoms with Crippen LogP contribution in [0.25, 0.3) is 17.2 Å². The maximum absolute atomic E-state index is 2.58. The summed E-state index contributed by atoms with van der Waals surface area (Å²) < 4.78 is 0. The van der Waals surface area contributed by atoms with Gasteiger partial charge in [0.05, 0.1) is 8.80 Å². The third kappa shape index (κ3) is 3.65. The molecule has 2 aliphatic rings. The topological polar surface area (TPSA) is 0 Å². The molecule has 0 N–H and O–H groups in total. The van der Waals surface area contributed by atoms with Crippen molar-refractivity contribution in [3.8, 4) is 11.1 Å². The minimum Gasteiger partial charge on any atom is -0.0720 e. The second kappa shape index (κ2) is 7.57. The second-order valence-corrected chi connectivity index (χ2v) is 14.8. The Kier molecular flexibility index (Phi) is 5.14. The molecule has 2 aliphatic carbocycles. The lowest BCUT2D eigenvalue weighted by Gasteiger charge is -2.31. The number of rotatable bonds is 2. The SMILES string of the molecule is C[Si](C)c1c(C(C)(C)C)cc2c(c1C1C=Cc3ccccc31)Cc1ccc(C(C)(C)C)cc1-2. The molecule has 1 radical (unpaired) electrons. The predicted molar refractivity (Wildman–Crippen MR) is 147 cm³/mol. The van der Waals surface area contributed by atoms with Crippen LogP contribution in [0.15, 0.2) is 54.6 Å². The normalized spacial score (nSPS) is 16.8. The summed E-state index contributed by atoms with van der Waals surface area (Å²) in [5.41, 5.74) is 13.8. The van der Waals surface area contributed by atoms with Gasteiger partial charge in [0, 0.05) is 5.92 Å². The molecule has 0 aliphatic heterocycles. The predicted octanol–water partition coefficient (Wildman–Crippen LogP) is 7.97. The van der Waals surface area contributed by atoms with Crippen LogP contribution in [0.3, 0.4) is 0 Å². The van der Waals surface area contributed by atoms with Gasteiger partial charge in [-0.05, 0) is 67.3 Å². The molecule has 0 saturated heterocycles. The van der Waals surface area contributed by atoms with E-state index in [-0.39, 0.29) is 10.8 Å². The van der Waals surface area contributed by atoms with E-state index in [0.717, 1.165) is 6.42 Å². The van der Waals surface area contributed by atoms with Gasteiger partial charge in [-0.15, -0.1) is 0 Å². The van der Waals surface area contributed by atoms with Gasteiger partial charge in [-0.3, -0.25) is 0 Å². The van der Waals surface area contributed by atoms with Crippen molar-refractivity contribution in [2.24, 2.45) is 0 Å². The highest BCUT2D eigenvalue weighted by molar-refractivity contribution is 6.71. The molecule has 0 heterocycles. The van der Waals surface area contributed by atoms with Crippen LogP contribution >= 0.6 is 0 Å². The zero-order valence-electron chi connectivity index (χ0n) is 21.6. The summed E-state index contributed by atoms with van der Waals surface area (Å²) in [7, 11) is -0.665. The fourth-order valence-electron chi connectivity index (χ4n) is 5.79. The molecule has 0 aromatic heterocycles. The molecule has 0 amide bonds. The smallest absolute Gasteiger partial charge is 0.0720 e. The van der Waals surface area contributed by atoms with Crippen LogP contribution in [-0.4, -0.2) is 8.80 Å². The first kappa shape index (κ1) is 22.4. The molecule has 33 heavy (non-hydrogen) atoms. The van der Waals surface area contributed by atoms with Gasteiger partial charge in [0.1, 0.15) is 0 Å². The van der Waals surface area contributed by atoms with Crippen LogP contribution in [0.5, 0.6) is 0 Å². The summed E-state index contributed by atoms with van der Waals surface area (Å²) in [4.78, 5) is 0. The largest absolute Gasteiger partial charge is 0.0799 e. The molecule has 3 aromatic carbocycles. The van der Waals surface area contributed by atoms with E-state index in [0.29, 0.717) is 5.92 Å². The van der Waals surface area contributed by atoms with Crippen LogP contribution < -0.4 is 5.19 Å². The molecule has 0 bridgehead atoms. The highest BCUT2D eigenvalue weighted by atomic mass is 28.3. The Hall–Kier alpha value is -2.38. The van der Waals surface area contributed by atoms with Crippen molar-refractivity contribution >= 4 is 20.1 Å². The van der Waals surface area contributed by atoms with E-state index in [4.69, 9.17) is 0 Å². The van der Waals surface area contributed by atoms with E-state index in [9.17, 15) is 0 Å². The van der Waals surface area contributed by atoms with Gasteiger partial charge in [0.2, 0.25) is 0 Å². The fourth-order valence-corrected chi connectivity index (χ4v) is 7.62. The summed E-state index contributed by atoms with van der Waals surface area (Å²) in [5, 5.41) is 1.67. The Labute approximate surface area is 202 Å². The molecule has 0 fully saturated rings. The Balaban J connectivity index is 1.84. The molecule has 1 unspecified atom stereocenters. The number of allylic oxidation sites excluding steroid dienone is 1. The van der Waals surface area contributed by atoms with Crippen LogP contribution in [0, 0.1) is 0 Å². The Morgan fingerprint density at radius 1 is 0.818 bits per heavy atom. The van der Waals surface area contributed by atoms with E-state index in [1.165, 1.54) is 33.4 Å². The molecular formula is C32H37Si. The summed E-state index contributed by atoms with van der Waals surface area (Å²) in [6.07, 6.45) is 5.87. The number of fused-ring (bicyclic) bond motifs is 4. The number of benzene rings is 3. The van der Waals surface area contributed by atoms with Gasteiger partial charge >= 0.3 is 0 Å². The molecular weight excluding hydrogens is 412 g/mol. The monoisotopic (exact) mass is 449 g/mol. The van der Waals surface area contributed by atoms with E-state index in [2.05, 4.69) is 115 Å². The highest BCUT2D eigenvalue weighted by Gasteiger charge is 2.35. The first-order chi connectivity index (χ1) is 15.5. The number of hydrogen-bond acceptors (Lipinski definition) is 0. The van der Waals surface area contributed by atoms with E-state index in [1.54, 1.807) is 21.9 Å². The third-order valence-electron chi connectivity index (χ3n) is 7.53. The van der Waals surface area contributed by atoms with Crippen LogP contribution in [0.1, 0.15) is 86.4 Å². The first-order valence-corrected chi connectivity index (χ1v) is 14.9. The standard InChI is InChI=1S/C32H37Si/c1-31(2,3)22-15-13-21-17-27-26(25(21)18-22)19-28(32(4,5)6)30(33(7)8)29(27)24-16-14-20-11-9-10-12-23(20)24/h9-16,18-19,24H,17H2,1-8H3. The van der Waals surface area contributed by atoms with Crippen molar-refractivity contribution in [2.75, 3.05) is 0 Å². The summed E-state index contributed by atoms with van der Waals surface area (Å²) in [5.74, 6) is 0.364. The second-order valence-electron chi connectivity index (χ2n) is 12.3. The maximum Gasteiger partial charge on any atom is 0.0799 e. The van der Waals surface area contributed by atoms with Crippen molar-refractivity contribution in [1.29, 1.82) is 0 Å². The Morgan fingerprint density at radius 2 is 1.55 bits per heavy atom. The van der Waals surface area contributed by atoms with Crippen molar-refractivity contribution in [1.82, 2.24) is 0 Å². The van der Waals surface area contributed by atoms with Crippen molar-refractivity contribution < 1.29 is 0 Å². The van der Waals surface area contributed by atoms with E-state index >= 15 is 0 Å².